The van der Waals surface area contributed by atoms with Gasteiger partial charge in [-0.25, -0.2) is 4.79 Å². The summed E-state index contributed by atoms with van der Waals surface area (Å²) in [6.07, 6.45) is 0. The van der Waals surface area contributed by atoms with Crippen molar-refractivity contribution in [1.82, 2.24) is 10.6 Å². The summed E-state index contributed by atoms with van der Waals surface area (Å²) >= 11 is 5.96. The molecule has 0 fully saturated rings. The third-order valence-corrected chi connectivity index (χ3v) is 4.40. The fraction of sp³-hybridized carbons (Fsp3) is 0.200. The number of hydrogen-bond acceptors (Lipinski definition) is 3. The van der Waals surface area contributed by atoms with E-state index >= 15 is 0 Å². The van der Waals surface area contributed by atoms with Gasteiger partial charge < -0.3 is 20.7 Å². The zero-order chi connectivity index (χ0) is 19.4. The Morgan fingerprint density at radius 3 is 2.59 bits per heavy atom. The molecule has 27 heavy (non-hydrogen) atoms. The maximum Gasteiger partial charge on any atom is 0.319 e. The van der Waals surface area contributed by atoms with E-state index in [1.807, 2.05) is 19.1 Å². The lowest BCUT2D eigenvalue weighted by Gasteiger charge is -2.29. The largest absolute Gasteiger partial charge is 0.492 e. The number of allylic oxidation sites excluding steroid dienone is 1. The van der Waals surface area contributed by atoms with Gasteiger partial charge in [-0.1, -0.05) is 35.9 Å². The highest BCUT2D eigenvalue weighted by atomic mass is 35.5. The molecule has 1 unspecified atom stereocenters. The first kappa shape index (κ1) is 18.8. The van der Waals surface area contributed by atoms with Crippen LogP contribution < -0.4 is 20.7 Å². The van der Waals surface area contributed by atoms with Crippen molar-refractivity contribution < 1.29 is 14.3 Å². The number of anilines is 1. The van der Waals surface area contributed by atoms with Crippen LogP contribution in [0.15, 0.2) is 59.8 Å². The zero-order valence-corrected chi connectivity index (χ0v) is 15.8. The van der Waals surface area contributed by atoms with Crippen LogP contribution in [0.2, 0.25) is 5.02 Å². The molecule has 2 aromatic rings. The monoisotopic (exact) mass is 385 g/mol. The van der Waals surface area contributed by atoms with E-state index < -0.39 is 6.04 Å². The lowest BCUT2D eigenvalue weighted by Crippen LogP contribution is -2.45. The summed E-state index contributed by atoms with van der Waals surface area (Å²) in [5.74, 6) is 0.259. The molecule has 1 aliphatic heterocycles. The van der Waals surface area contributed by atoms with Crippen LogP contribution in [0.25, 0.3) is 0 Å². The molecule has 0 saturated heterocycles. The Hall–Kier alpha value is -2.99. The molecule has 0 saturated carbocycles. The first-order valence-corrected chi connectivity index (χ1v) is 8.94. The van der Waals surface area contributed by atoms with E-state index in [0.717, 1.165) is 5.56 Å². The van der Waals surface area contributed by atoms with Gasteiger partial charge >= 0.3 is 6.03 Å². The number of urea groups is 1. The molecule has 0 radical (unpaired) electrons. The molecule has 140 valence electrons. The van der Waals surface area contributed by atoms with Crippen LogP contribution in [0.5, 0.6) is 5.75 Å². The topological polar surface area (TPSA) is 79.5 Å². The average Bonchev–Trinajstić information content (AvgIpc) is 2.63. The number of carbonyl (C=O) groups is 2. The number of benzene rings is 2. The molecule has 0 aromatic heterocycles. The maximum absolute atomic E-state index is 13.0. The van der Waals surface area contributed by atoms with Gasteiger partial charge in [0.05, 0.1) is 23.9 Å². The van der Waals surface area contributed by atoms with Crippen molar-refractivity contribution in [2.45, 2.75) is 19.9 Å². The number of carbonyl (C=O) groups excluding carboxylic acids is 2. The van der Waals surface area contributed by atoms with E-state index in [-0.39, 0.29) is 11.9 Å². The van der Waals surface area contributed by atoms with Gasteiger partial charge in [0.2, 0.25) is 0 Å². The van der Waals surface area contributed by atoms with E-state index in [1.165, 1.54) is 0 Å². The lowest BCUT2D eigenvalue weighted by molar-refractivity contribution is -0.113. The quantitative estimate of drug-likeness (QED) is 0.727. The van der Waals surface area contributed by atoms with Crippen LogP contribution >= 0.6 is 11.6 Å². The summed E-state index contributed by atoms with van der Waals surface area (Å²) in [6, 6.07) is 13.3. The molecule has 0 bridgehead atoms. The minimum atomic E-state index is -0.588. The summed E-state index contributed by atoms with van der Waals surface area (Å²) in [7, 11) is 0. The van der Waals surface area contributed by atoms with Crippen molar-refractivity contribution in [2.75, 3.05) is 11.9 Å². The summed E-state index contributed by atoms with van der Waals surface area (Å²) < 4.78 is 5.56. The van der Waals surface area contributed by atoms with E-state index in [0.29, 0.717) is 34.3 Å². The minimum Gasteiger partial charge on any atom is -0.492 e. The maximum atomic E-state index is 13.0. The van der Waals surface area contributed by atoms with Crippen molar-refractivity contribution >= 4 is 29.2 Å². The van der Waals surface area contributed by atoms with Gasteiger partial charge in [0.1, 0.15) is 5.75 Å². The molecular weight excluding hydrogens is 366 g/mol. The molecule has 1 atom stereocenters. The van der Waals surface area contributed by atoms with Crippen LogP contribution in [0.4, 0.5) is 10.5 Å². The second kappa shape index (κ2) is 8.14. The highest BCUT2D eigenvalue weighted by Crippen LogP contribution is 2.30. The Morgan fingerprint density at radius 1 is 1.19 bits per heavy atom. The second-order valence-electron chi connectivity index (χ2n) is 6.00. The number of amides is 3. The zero-order valence-electron chi connectivity index (χ0n) is 15.0. The van der Waals surface area contributed by atoms with Crippen LogP contribution in [-0.4, -0.2) is 18.5 Å². The number of nitrogens with one attached hydrogen (secondary N) is 3. The Labute approximate surface area is 162 Å². The summed E-state index contributed by atoms with van der Waals surface area (Å²) in [5.41, 5.74) is 2.24. The first-order valence-electron chi connectivity index (χ1n) is 8.56. The van der Waals surface area contributed by atoms with Crippen molar-refractivity contribution in [1.29, 1.82) is 0 Å². The molecule has 3 amide bonds. The van der Waals surface area contributed by atoms with Gasteiger partial charge in [-0.2, -0.15) is 0 Å². The van der Waals surface area contributed by atoms with E-state index in [1.54, 1.807) is 43.3 Å². The number of halogens is 1. The number of para-hydroxylation sites is 2. The SMILES string of the molecule is CCOc1ccccc1NC(=O)C1=C(C)NC(=O)NC1c1ccc(Cl)cc1. The molecule has 1 heterocycles. The van der Waals surface area contributed by atoms with Gasteiger partial charge in [-0.3, -0.25) is 4.79 Å². The molecule has 0 spiro atoms. The van der Waals surface area contributed by atoms with Crippen molar-refractivity contribution in [2.24, 2.45) is 0 Å². The van der Waals surface area contributed by atoms with Crippen LogP contribution in [0.1, 0.15) is 25.5 Å². The smallest absolute Gasteiger partial charge is 0.319 e. The van der Waals surface area contributed by atoms with Gasteiger partial charge in [-0.05, 0) is 43.7 Å². The Morgan fingerprint density at radius 2 is 1.89 bits per heavy atom. The van der Waals surface area contributed by atoms with E-state index in [2.05, 4.69) is 16.0 Å². The normalized spacial score (nSPS) is 16.4. The third kappa shape index (κ3) is 4.23. The van der Waals surface area contributed by atoms with Crippen molar-refractivity contribution in [3.05, 3.63) is 70.4 Å². The van der Waals surface area contributed by atoms with E-state index in [9.17, 15) is 9.59 Å². The lowest BCUT2D eigenvalue weighted by atomic mass is 9.95. The fourth-order valence-corrected chi connectivity index (χ4v) is 3.07. The molecule has 6 nitrogen and oxygen atoms in total. The van der Waals surface area contributed by atoms with Gasteiger partial charge in [-0.15, -0.1) is 0 Å². The number of ether oxygens (including phenoxy) is 1. The Balaban J connectivity index is 1.93. The molecule has 0 aliphatic carbocycles. The Bertz CT molecular complexity index is 894. The molecule has 2 aromatic carbocycles. The van der Waals surface area contributed by atoms with Gasteiger partial charge in [0.15, 0.2) is 0 Å². The summed E-state index contributed by atoms with van der Waals surface area (Å²) in [4.78, 5) is 25.0. The fourth-order valence-electron chi connectivity index (χ4n) is 2.94. The average molecular weight is 386 g/mol. The molecule has 1 aliphatic rings. The van der Waals surface area contributed by atoms with Crippen LogP contribution in [0.3, 0.4) is 0 Å². The van der Waals surface area contributed by atoms with Crippen molar-refractivity contribution in [3.8, 4) is 5.75 Å². The van der Waals surface area contributed by atoms with Crippen molar-refractivity contribution in [3.63, 3.8) is 0 Å². The molecule has 3 N–H and O–H groups in total. The number of hydrogen-bond donors (Lipinski definition) is 3. The standard InChI is InChI=1S/C20H20ClN3O3/c1-3-27-16-7-5-4-6-15(16)23-19(25)17-12(2)22-20(26)24-18(17)13-8-10-14(21)11-9-13/h4-11,18H,3H2,1-2H3,(H,23,25)(H2,22,24,26). The second-order valence-corrected chi connectivity index (χ2v) is 6.44. The Kier molecular flexibility index (Phi) is 5.66. The predicted octanol–water partition coefficient (Wildman–Crippen LogP) is 4.01. The number of rotatable bonds is 5. The molecule has 7 heteroatoms. The minimum absolute atomic E-state index is 0.327. The van der Waals surface area contributed by atoms with Gasteiger partial charge in [0, 0.05) is 10.7 Å². The molecule has 3 rings (SSSR count). The highest BCUT2D eigenvalue weighted by Gasteiger charge is 2.31. The highest BCUT2D eigenvalue weighted by molar-refractivity contribution is 6.30. The summed E-state index contributed by atoms with van der Waals surface area (Å²) in [6.45, 7) is 4.06. The van der Waals surface area contributed by atoms with Crippen LogP contribution in [0, 0.1) is 0 Å². The predicted molar refractivity (Wildman–Crippen MR) is 105 cm³/mol. The summed E-state index contributed by atoms with van der Waals surface area (Å²) in [5, 5.41) is 8.92. The van der Waals surface area contributed by atoms with Gasteiger partial charge in [0.25, 0.3) is 5.91 Å². The van der Waals surface area contributed by atoms with Crippen LogP contribution in [-0.2, 0) is 4.79 Å². The molecular formula is C20H20ClN3O3. The van der Waals surface area contributed by atoms with E-state index in [4.69, 9.17) is 16.3 Å². The first-order chi connectivity index (χ1) is 13.0. The third-order valence-electron chi connectivity index (χ3n) is 4.15.